The summed E-state index contributed by atoms with van der Waals surface area (Å²) in [5.74, 6) is 5.94. The van der Waals surface area contributed by atoms with Gasteiger partial charge in [-0.25, -0.2) is 5.84 Å². The number of nitrogens with two attached hydrogens (primary N) is 1. The van der Waals surface area contributed by atoms with E-state index in [4.69, 9.17) is 5.84 Å². The highest BCUT2D eigenvalue weighted by molar-refractivity contribution is 5.51. The molecule has 0 heterocycles. The topological polar surface area (TPSA) is 29.3 Å². The van der Waals surface area contributed by atoms with Crippen LogP contribution in [0.1, 0.15) is 5.56 Å². The van der Waals surface area contributed by atoms with Crippen molar-refractivity contribution in [1.29, 1.82) is 0 Å². The molecule has 0 atom stereocenters. The summed E-state index contributed by atoms with van der Waals surface area (Å²) in [6, 6.07) is 20.1. The number of hydrazine groups is 1. The molecule has 0 saturated carbocycles. The van der Waals surface area contributed by atoms with E-state index < -0.39 is 0 Å². The number of anilines is 1. The molecule has 2 heteroatoms. The molecule has 0 amide bonds. The molecule has 2 rings (SSSR count). The first-order valence-electron chi connectivity index (χ1n) is 5.65. The second-order valence-corrected chi connectivity index (χ2v) is 3.80. The molecule has 0 aromatic heterocycles. The lowest BCUT2D eigenvalue weighted by Gasteiger charge is -2.16. The van der Waals surface area contributed by atoms with Gasteiger partial charge in [0, 0.05) is 0 Å². The first-order chi connectivity index (χ1) is 8.36. The zero-order valence-electron chi connectivity index (χ0n) is 9.66. The van der Waals surface area contributed by atoms with Crippen molar-refractivity contribution >= 4 is 11.8 Å². The Morgan fingerprint density at radius 3 is 2.12 bits per heavy atom. The predicted octanol–water partition coefficient (Wildman–Crippen LogP) is 3.08. The molecular formula is C15H16N2. The molecule has 2 aromatic carbocycles. The summed E-state index contributed by atoms with van der Waals surface area (Å²) < 4.78 is 0. The predicted molar refractivity (Wildman–Crippen MR) is 73.5 cm³/mol. The Hall–Kier alpha value is -2.06. The summed E-state index contributed by atoms with van der Waals surface area (Å²) >= 11 is 0. The minimum atomic E-state index is 0.693. The molecule has 0 saturated heterocycles. The van der Waals surface area contributed by atoms with Crippen LogP contribution in [0.4, 0.5) is 5.69 Å². The summed E-state index contributed by atoms with van der Waals surface area (Å²) in [7, 11) is 0. The van der Waals surface area contributed by atoms with Gasteiger partial charge in [-0.05, 0) is 17.7 Å². The number of benzene rings is 2. The van der Waals surface area contributed by atoms with Crippen molar-refractivity contribution < 1.29 is 0 Å². The fourth-order valence-electron chi connectivity index (χ4n) is 1.59. The van der Waals surface area contributed by atoms with Gasteiger partial charge in [0.15, 0.2) is 0 Å². The Morgan fingerprint density at radius 1 is 0.882 bits per heavy atom. The largest absolute Gasteiger partial charge is 0.307 e. The lowest BCUT2D eigenvalue weighted by Crippen LogP contribution is -2.30. The summed E-state index contributed by atoms with van der Waals surface area (Å²) in [6.45, 7) is 0.693. The van der Waals surface area contributed by atoms with Crippen LogP contribution < -0.4 is 10.9 Å². The van der Waals surface area contributed by atoms with Gasteiger partial charge in [0.25, 0.3) is 0 Å². The summed E-state index contributed by atoms with van der Waals surface area (Å²) in [6.07, 6.45) is 4.13. The SMILES string of the molecule is NN(C/C=C/c1ccccc1)c1ccccc1. The van der Waals surface area contributed by atoms with Crippen molar-refractivity contribution in [2.24, 2.45) is 5.84 Å². The Labute approximate surface area is 102 Å². The van der Waals surface area contributed by atoms with Crippen LogP contribution in [-0.4, -0.2) is 6.54 Å². The monoisotopic (exact) mass is 224 g/mol. The fourth-order valence-corrected chi connectivity index (χ4v) is 1.59. The Morgan fingerprint density at radius 2 is 1.47 bits per heavy atom. The van der Waals surface area contributed by atoms with Crippen molar-refractivity contribution in [1.82, 2.24) is 0 Å². The fraction of sp³-hybridized carbons (Fsp3) is 0.0667. The van der Waals surface area contributed by atoms with E-state index in [-0.39, 0.29) is 0 Å². The average Bonchev–Trinajstić information content (AvgIpc) is 2.41. The van der Waals surface area contributed by atoms with Gasteiger partial charge < -0.3 is 5.01 Å². The third kappa shape index (κ3) is 3.47. The van der Waals surface area contributed by atoms with E-state index >= 15 is 0 Å². The van der Waals surface area contributed by atoms with E-state index in [1.165, 1.54) is 5.56 Å². The minimum Gasteiger partial charge on any atom is -0.307 e. The third-order valence-electron chi connectivity index (χ3n) is 2.50. The average molecular weight is 224 g/mol. The molecule has 0 aliphatic rings. The maximum atomic E-state index is 5.94. The number of hydrogen-bond acceptors (Lipinski definition) is 2. The maximum absolute atomic E-state index is 5.94. The lowest BCUT2D eigenvalue weighted by atomic mass is 10.2. The highest BCUT2D eigenvalue weighted by Crippen LogP contribution is 2.09. The molecule has 0 aliphatic heterocycles. The van der Waals surface area contributed by atoms with Crippen LogP contribution in [0.5, 0.6) is 0 Å². The Kier molecular flexibility index (Phi) is 3.95. The molecule has 2 nitrogen and oxygen atoms in total. The van der Waals surface area contributed by atoms with Crippen molar-refractivity contribution in [3.8, 4) is 0 Å². The summed E-state index contributed by atoms with van der Waals surface area (Å²) in [4.78, 5) is 0. The van der Waals surface area contributed by atoms with Gasteiger partial charge in [-0.15, -0.1) is 0 Å². The van der Waals surface area contributed by atoms with Crippen molar-refractivity contribution in [3.05, 3.63) is 72.3 Å². The zero-order chi connectivity index (χ0) is 11.9. The van der Waals surface area contributed by atoms with Crippen LogP contribution in [0.25, 0.3) is 6.08 Å². The van der Waals surface area contributed by atoms with Gasteiger partial charge in [-0.3, -0.25) is 0 Å². The second kappa shape index (κ2) is 5.87. The highest BCUT2D eigenvalue weighted by Gasteiger charge is 1.96. The normalized spacial score (nSPS) is 10.6. The van der Waals surface area contributed by atoms with E-state index in [9.17, 15) is 0 Å². The van der Waals surface area contributed by atoms with Gasteiger partial charge in [-0.1, -0.05) is 60.7 Å². The van der Waals surface area contributed by atoms with E-state index in [0.29, 0.717) is 6.54 Å². The van der Waals surface area contributed by atoms with E-state index in [2.05, 4.69) is 24.3 Å². The third-order valence-corrected chi connectivity index (χ3v) is 2.50. The van der Waals surface area contributed by atoms with Crippen LogP contribution in [-0.2, 0) is 0 Å². The molecular weight excluding hydrogens is 208 g/mol. The number of nitrogens with zero attached hydrogens (tertiary/aromatic N) is 1. The zero-order valence-corrected chi connectivity index (χ0v) is 9.66. The lowest BCUT2D eigenvalue weighted by molar-refractivity contribution is 0.942. The van der Waals surface area contributed by atoms with Gasteiger partial charge in [-0.2, -0.15) is 0 Å². The first-order valence-corrected chi connectivity index (χ1v) is 5.65. The number of hydrogen-bond donors (Lipinski definition) is 1. The van der Waals surface area contributed by atoms with Crippen LogP contribution in [0.3, 0.4) is 0 Å². The molecule has 0 unspecified atom stereocenters. The number of para-hydroxylation sites is 1. The molecule has 0 bridgehead atoms. The molecule has 0 radical (unpaired) electrons. The highest BCUT2D eigenvalue weighted by atomic mass is 15.4. The Balaban J connectivity index is 1.93. The van der Waals surface area contributed by atoms with Crippen molar-refractivity contribution in [2.75, 3.05) is 11.6 Å². The van der Waals surface area contributed by atoms with Gasteiger partial charge in [0.1, 0.15) is 0 Å². The minimum absolute atomic E-state index is 0.693. The van der Waals surface area contributed by atoms with Crippen LogP contribution in [0.2, 0.25) is 0 Å². The Bertz CT molecular complexity index is 463. The summed E-state index contributed by atoms with van der Waals surface area (Å²) in [5.41, 5.74) is 2.21. The van der Waals surface area contributed by atoms with Crippen molar-refractivity contribution in [3.63, 3.8) is 0 Å². The molecule has 0 aliphatic carbocycles. The number of rotatable bonds is 4. The molecule has 2 aromatic rings. The second-order valence-electron chi connectivity index (χ2n) is 3.80. The van der Waals surface area contributed by atoms with Gasteiger partial charge >= 0.3 is 0 Å². The molecule has 17 heavy (non-hydrogen) atoms. The van der Waals surface area contributed by atoms with E-state index in [1.807, 2.05) is 48.5 Å². The van der Waals surface area contributed by atoms with Crippen LogP contribution in [0.15, 0.2) is 66.7 Å². The maximum Gasteiger partial charge on any atom is 0.0526 e. The summed E-state index contributed by atoms with van der Waals surface area (Å²) in [5, 5.41) is 1.72. The van der Waals surface area contributed by atoms with Crippen LogP contribution >= 0.6 is 0 Å². The smallest absolute Gasteiger partial charge is 0.0526 e. The first kappa shape index (κ1) is 11.4. The molecule has 0 fully saturated rings. The van der Waals surface area contributed by atoms with Gasteiger partial charge in [0.05, 0.1) is 12.2 Å². The quantitative estimate of drug-likeness (QED) is 0.638. The standard InChI is InChI=1S/C15H16N2/c16-17(15-11-5-2-6-12-15)13-7-10-14-8-3-1-4-9-14/h1-12H,13,16H2/b10-7+. The molecule has 2 N–H and O–H groups in total. The van der Waals surface area contributed by atoms with Crippen molar-refractivity contribution in [2.45, 2.75) is 0 Å². The van der Waals surface area contributed by atoms with E-state index in [0.717, 1.165) is 5.69 Å². The van der Waals surface area contributed by atoms with E-state index in [1.54, 1.807) is 5.01 Å². The molecule has 86 valence electrons. The van der Waals surface area contributed by atoms with Crippen LogP contribution in [0, 0.1) is 0 Å². The van der Waals surface area contributed by atoms with Gasteiger partial charge in [0.2, 0.25) is 0 Å². The molecule has 0 spiro atoms.